The topological polar surface area (TPSA) is 87.5 Å². The van der Waals surface area contributed by atoms with Crippen LogP contribution in [0.25, 0.3) is 10.8 Å². The average Bonchev–Trinajstić information content (AvgIpc) is 2.26. The molecule has 17 heavy (non-hydrogen) atoms. The maximum Gasteiger partial charge on any atom is 0.355 e. The molecular weight excluding hydrogens is 222 g/mol. The molecule has 0 amide bonds. The molecule has 0 bridgehead atoms. The molecule has 1 aromatic heterocycles. The Balaban J connectivity index is 2.92. The van der Waals surface area contributed by atoms with Gasteiger partial charge in [-0.1, -0.05) is 23.8 Å². The Morgan fingerprint density at radius 3 is 2.47 bits per heavy atom. The SMILES string of the molecule is Cc1ccc2cnc(C(=O)O)c(C(=O)O)c2c1. The second-order valence-electron chi connectivity index (χ2n) is 3.68. The molecule has 5 heteroatoms. The van der Waals surface area contributed by atoms with E-state index in [0.29, 0.717) is 10.8 Å². The number of rotatable bonds is 2. The first-order valence-corrected chi connectivity index (χ1v) is 4.86. The lowest BCUT2D eigenvalue weighted by Gasteiger charge is -2.06. The van der Waals surface area contributed by atoms with Crippen molar-refractivity contribution in [1.82, 2.24) is 4.98 Å². The number of hydrogen-bond acceptors (Lipinski definition) is 3. The Kier molecular flexibility index (Phi) is 2.51. The van der Waals surface area contributed by atoms with E-state index in [0.717, 1.165) is 5.56 Å². The zero-order valence-corrected chi connectivity index (χ0v) is 8.97. The first-order chi connectivity index (χ1) is 8.00. The van der Waals surface area contributed by atoms with Gasteiger partial charge in [-0.15, -0.1) is 0 Å². The van der Waals surface area contributed by atoms with E-state index in [2.05, 4.69) is 4.98 Å². The monoisotopic (exact) mass is 231 g/mol. The maximum atomic E-state index is 11.1. The number of benzene rings is 1. The summed E-state index contributed by atoms with van der Waals surface area (Å²) < 4.78 is 0. The van der Waals surface area contributed by atoms with Gasteiger partial charge in [0, 0.05) is 17.0 Å². The van der Waals surface area contributed by atoms with Crippen molar-refractivity contribution in [3.63, 3.8) is 0 Å². The number of aromatic carboxylic acids is 2. The van der Waals surface area contributed by atoms with Gasteiger partial charge in [0.05, 0.1) is 0 Å². The zero-order valence-electron chi connectivity index (χ0n) is 8.97. The second kappa shape index (κ2) is 3.86. The number of pyridine rings is 1. The summed E-state index contributed by atoms with van der Waals surface area (Å²) in [6.07, 6.45) is 1.37. The standard InChI is InChI=1S/C12H9NO4/c1-6-2-3-7-5-13-10(12(16)17)9(11(14)15)8(7)4-6/h2-5H,1H3,(H,14,15)(H,16,17). The lowest BCUT2D eigenvalue weighted by atomic mass is 10.0. The molecule has 0 spiro atoms. The van der Waals surface area contributed by atoms with Crippen LogP contribution in [0.1, 0.15) is 26.4 Å². The van der Waals surface area contributed by atoms with E-state index < -0.39 is 17.6 Å². The number of aromatic nitrogens is 1. The number of aryl methyl sites for hydroxylation is 1. The molecule has 2 aromatic rings. The van der Waals surface area contributed by atoms with E-state index in [-0.39, 0.29) is 5.56 Å². The summed E-state index contributed by atoms with van der Waals surface area (Å²) in [6, 6.07) is 5.18. The largest absolute Gasteiger partial charge is 0.478 e. The molecule has 0 aliphatic carbocycles. The number of carbonyl (C=O) groups is 2. The molecule has 2 N–H and O–H groups in total. The minimum Gasteiger partial charge on any atom is -0.478 e. The Bertz CT molecular complexity index is 634. The normalized spacial score (nSPS) is 10.4. The second-order valence-corrected chi connectivity index (χ2v) is 3.68. The summed E-state index contributed by atoms with van der Waals surface area (Å²) >= 11 is 0. The van der Waals surface area contributed by atoms with Gasteiger partial charge in [0.25, 0.3) is 0 Å². The van der Waals surface area contributed by atoms with E-state index in [1.807, 2.05) is 13.0 Å². The predicted octanol–water partition coefficient (Wildman–Crippen LogP) is 1.94. The van der Waals surface area contributed by atoms with Crippen molar-refractivity contribution in [3.05, 3.63) is 41.2 Å². The zero-order chi connectivity index (χ0) is 12.6. The number of hydrogen-bond donors (Lipinski definition) is 2. The molecule has 0 aliphatic rings. The van der Waals surface area contributed by atoms with Crippen LogP contribution < -0.4 is 0 Å². The van der Waals surface area contributed by atoms with Crippen molar-refractivity contribution in [1.29, 1.82) is 0 Å². The van der Waals surface area contributed by atoms with Gasteiger partial charge in [-0.2, -0.15) is 0 Å². The van der Waals surface area contributed by atoms with Gasteiger partial charge in [-0.3, -0.25) is 0 Å². The van der Waals surface area contributed by atoms with Crippen molar-refractivity contribution in [2.45, 2.75) is 6.92 Å². The predicted molar refractivity (Wildman–Crippen MR) is 60.4 cm³/mol. The maximum absolute atomic E-state index is 11.1. The van der Waals surface area contributed by atoms with E-state index >= 15 is 0 Å². The molecule has 86 valence electrons. The van der Waals surface area contributed by atoms with Gasteiger partial charge in [0.15, 0.2) is 5.69 Å². The first kappa shape index (κ1) is 11.1. The molecule has 1 aromatic carbocycles. The van der Waals surface area contributed by atoms with Crippen molar-refractivity contribution < 1.29 is 19.8 Å². The minimum absolute atomic E-state index is 0.265. The van der Waals surface area contributed by atoms with E-state index in [4.69, 9.17) is 10.2 Å². The molecule has 0 fully saturated rings. The highest BCUT2D eigenvalue weighted by molar-refractivity contribution is 6.10. The smallest absolute Gasteiger partial charge is 0.355 e. The summed E-state index contributed by atoms with van der Waals surface area (Å²) in [5, 5.41) is 19.0. The average molecular weight is 231 g/mol. The van der Waals surface area contributed by atoms with Crippen LogP contribution >= 0.6 is 0 Å². The number of carboxylic acid groups (broad SMARTS) is 2. The van der Waals surface area contributed by atoms with Gasteiger partial charge in [0.1, 0.15) is 5.56 Å². The summed E-state index contributed by atoms with van der Waals surface area (Å²) in [6.45, 7) is 1.81. The molecule has 5 nitrogen and oxygen atoms in total. The molecule has 0 saturated heterocycles. The number of nitrogens with zero attached hydrogens (tertiary/aromatic N) is 1. The Labute approximate surface area is 96.3 Å². The Morgan fingerprint density at radius 1 is 1.18 bits per heavy atom. The van der Waals surface area contributed by atoms with Gasteiger partial charge >= 0.3 is 11.9 Å². The third-order valence-electron chi connectivity index (χ3n) is 2.46. The van der Waals surface area contributed by atoms with Crippen molar-refractivity contribution in [2.24, 2.45) is 0 Å². The Hall–Kier alpha value is -2.43. The Morgan fingerprint density at radius 2 is 1.88 bits per heavy atom. The van der Waals surface area contributed by atoms with Crippen LogP contribution in [-0.4, -0.2) is 27.1 Å². The van der Waals surface area contributed by atoms with Gasteiger partial charge in [-0.05, 0) is 6.92 Å². The van der Waals surface area contributed by atoms with Gasteiger partial charge in [0.2, 0.25) is 0 Å². The molecule has 2 rings (SSSR count). The highest BCUT2D eigenvalue weighted by Gasteiger charge is 2.20. The van der Waals surface area contributed by atoms with Crippen LogP contribution in [0.15, 0.2) is 24.4 Å². The van der Waals surface area contributed by atoms with Crippen LogP contribution in [0.4, 0.5) is 0 Å². The van der Waals surface area contributed by atoms with Gasteiger partial charge in [-0.25, -0.2) is 14.6 Å². The quantitative estimate of drug-likeness (QED) is 0.824. The van der Waals surface area contributed by atoms with E-state index in [1.165, 1.54) is 6.20 Å². The highest BCUT2D eigenvalue weighted by Crippen LogP contribution is 2.22. The fraction of sp³-hybridized carbons (Fsp3) is 0.0833. The fourth-order valence-corrected chi connectivity index (χ4v) is 1.70. The van der Waals surface area contributed by atoms with E-state index in [9.17, 15) is 9.59 Å². The highest BCUT2D eigenvalue weighted by atomic mass is 16.4. The molecule has 0 atom stereocenters. The lowest BCUT2D eigenvalue weighted by Crippen LogP contribution is -2.11. The van der Waals surface area contributed by atoms with Crippen LogP contribution in [0.2, 0.25) is 0 Å². The molecule has 0 radical (unpaired) electrons. The number of fused-ring (bicyclic) bond motifs is 1. The first-order valence-electron chi connectivity index (χ1n) is 4.86. The molecule has 0 saturated carbocycles. The van der Waals surface area contributed by atoms with Crippen LogP contribution in [0.5, 0.6) is 0 Å². The third-order valence-corrected chi connectivity index (χ3v) is 2.46. The molecule has 1 heterocycles. The fourth-order valence-electron chi connectivity index (χ4n) is 1.70. The molecule has 0 aliphatic heterocycles. The van der Waals surface area contributed by atoms with Crippen molar-refractivity contribution in [3.8, 4) is 0 Å². The van der Waals surface area contributed by atoms with E-state index in [1.54, 1.807) is 12.1 Å². The van der Waals surface area contributed by atoms with Crippen LogP contribution in [0, 0.1) is 6.92 Å². The summed E-state index contributed by atoms with van der Waals surface area (Å²) in [4.78, 5) is 25.8. The lowest BCUT2D eigenvalue weighted by molar-refractivity contribution is 0.0648. The minimum atomic E-state index is -1.34. The number of carboxylic acids is 2. The van der Waals surface area contributed by atoms with Crippen molar-refractivity contribution >= 4 is 22.7 Å². The van der Waals surface area contributed by atoms with Crippen molar-refractivity contribution in [2.75, 3.05) is 0 Å². The molecular formula is C12H9NO4. The van der Waals surface area contributed by atoms with Gasteiger partial charge < -0.3 is 10.2 Å². The van der Waals surface area contributed by atoms with Crippen LogP contribution in [0.3, 0.4) is 0 Å². The third kappa shape index (κ3) is 1.82. The van der Waals surface area contributed by atoms with Crippen LogP contribution in [-0.2, 0) is 0 Å². The summed E-state index contributed by atoms with van der Waals surface area (Å²) in [5.41, 5.74) is 0.164. The summed E-state index contributed by atoms with van der Waals surface area (Å²) in [5.74, 6) is -2.63. The molecule has 0 unspecified atom stereocenters. The summed E-state index contributed by atoms with van der Waals surface area (Å²) in [7, 11) is 0.